The largest absolute Gasteiger partial charge is 0.467 e. The Hall–Kier alpha value is -2.40. The first kappa shape index (κ1) is 17.0. The van der Waals surface area contributed by atoms with Crippen molar-refractivity contribution in [1.82, 2.24) is 9.91 Å². The minimum Gasteiger partial charge on any atom is -0.467 e. The summed E-state index contributed by atoms with van der Waals surface area (Å²) in [5.74, 6) is 0.866. The highest BCUT2D eigenvalue weighted by Gasteiger charge is 2.34. The van der Waals surface area contributed by atoms with Crippen LogP contribution in [0, 0.1) is 6.92 Å². The molecule has 1 atom stereocenters. The van der Waals surface area contributed by atoms with Crippen molar-refractivity contribution in [3.8, 4) is 0 Å². The van der Waals surface area contributed by atoms with Crippen LogP contribution in [0.1, 0.15) is 48.6 Å². The molecular formula is C21H25N3O2. The molecule has 2 aliphatic heterocycles. The standard InChI is InChI=1S/C21H25N3O2/c1-16-6-8-17(9-7-16)18-15-19(20-5-4-14-26-20)24(22-18)21(25)10-13-23-11-2-3-12-23/h4-9,14,19H,2-3,10-13,15H2,1H3. The van der Waals surface area contributed by atoms with E-state index in [1.165, 1.54) is 18.4 Å². The molecule has 0 aliphatic carbocycles. The normalized spacial score (nSPS) is 20.6. The topological polar surface area (TPSA) is 49.1 Å². The average Bonchev–Trinajstić information content (AvgIpc) is 3.41. The third-order valence-corrected chi connectivity index (χ3v) is 5.26. The number of hydrogen-bond donors (Lipinski definition) is 0. The molecule has 0 saturated carbocycles. The third-order valence-electron chi connectivity index (χ3n) is 5.26. The van der Waals surface area contributed by atoms with Gasteiger partial charge in [-0.2, -0.15) is 5.10 Å². The van der Waals surface area contributed by atoms with Gasteiger partial charge in [0.1, 0.15) is 11.8 Å². The molecule has 0 N–H and O–H groups in total. The van der Waals surface area contributed by atoms with Gasteiger partial charge in [0.15, 0.2) is 0 Å². The van der Waals surface area contributed by atoms with E-state index in [1.807, 2.05) is 12.1 Å². The number of hydrazone groups is 1. The molecule has 3 heterocycles. The number of carbonyl (C=O) groups is 1. The predicted molar refractivity (Wildman–Crippen MR) is 101 cm³/mol. The number of hydrogen-bond acceptors (Lipinski definition) is 4. The lowest BCUT2D eigenvalue weighted by molar-refractivity contribution is -0.133. The summed E-state index contributed by atoms with van der Waals surface area (Å²) in [4.78, 5) is 15.3. The Kier molecular flexibility index (Phi) is 4.89. The minimum absolute atomic E-state index is 0.0698. The summed E-state index contributed by atoms with van der Waals surface area (Å²) >= 11 is 0. The van der Waals surface area contributed by atoms with Crippen LogP contribution >= 0.6 is 0 Å². The van der Waals surface area contributed by atoms with Crippen LogP contribution in [0.15, 0.2) is 52.2 Å². The molecule has 26 heavy (non-hydrogen) atoms. The number of likely N-dealkylation sites (tertiary alicyclic amines) is 1. The summed E-state index contributed by atoms with van der Waals surface area (Å²) in [5, 5.41) is 6.34. The molecule has 1 amide bonds. The second kappa shape index (κ2) is 7.46. The van der Waals surface area contributed by atoms with Gasteiger partial charge in [-0.15, -0.1) is 0 Å². The zero-order valence-electron chi connectivity index (χ0n) is 15.2. The van der Waals surface area contributed by atoms with Crippen molar-refractivity contribution in [2.75, 3.05) is 19.6 Å². The van der Waals surface area contributed by atoms with Gasteiger partial charge in [0.2, 0.25) is 5.91 Å². The molecule has 1 aromatic carbocycles. The van der Waals surface area contributed by atoms with Crippen molar-refractivity contribution >= 4 is 11.6 Å². The summed E-state index contributed by atoms with van der Waals surface area (Å²) in [6.45, 7) is 5.09. The predicted octanol–water partition coefficient (Wildman–Crippen LogP) is 3.75. The summed E-state index contributed by atoms with van der Waals surface area (Å²) in [6.07, 6.45) is 5.32. The van der Waals surface area contributed by atoms with Crippen molar-refractivity contribution in [2.45, 2.75) is 38.6 Å². The molecule has 1 fully saturated rings. The number of aryl methyl sites for hydroxylation is 1. The van der Waals surface area contributed by atoms with Gasteiger partial charge in [-0.25, -0.2) is 5.01 Å². The molecular weight excluding hydrogens is 326 g/mol. The second-order valence-corrected chi connectivity index (χ2v) is 7.19. The van der Waals surface area contributed by atoms with Crippen LogP contribution in [-0.2, 0) is 4.79 Å². The van der Waals surface area contributed by atoms with Gasteiger partial charge in [0.25, 0.3) is 0 Å². The monoisotopic (exact) mass is 351 g/mol. The lowest BCUT2D eigenvalue weighted by atomic mass is 10.0. The van der Waals surface area contributed by atoms with E-state index in [4.69, 9.17) is 9.52 Å². The highest BCUT2D eigenvalue weighted by Crippen LogP contribution is 2.33. The van der Waals surface area contributed by atoms with Crippen LogP contribution in [0.3, 0.4) is 0 Å². The van der Waals surface area contributed by atoms with Crippen LogP contribution < -0.4 is 0 Å². The van der Waals surface area contributed by atoms with Crippen LogP contribution in [0.4, 0.5) is 0 Å². The molecule has 1 unspecified atom stereocenters. The molecule has 136 valence electrons. The Morgan fingerprint density at radius 3 is 2.65 bits per heavy atom. The summed E-state index contributed by atoms with van der Waals surface area (Å²) < 4.78 is 5.60. The molecule has 0 radical (unpaired) electrons. The van der Waals surface area contributed by atoms with Crippen molar-refractivity contribution in [1.29, 1.82) is 0 Å². The van der Waals surface area contributed by atoms with E-state index < -0.39 is 0 Å². The first-order chi connectivity index (χ1) is 12.7. The SMILES string of the molecule is Cc1ccc(C2=NN(C(=O)CCN3CCCC3)C(c3ccco3)C2)cc1. The Morgan fingerprint density at radius 1 is 1.19 bits per heavy atom. The number of nitrogens with zero attached hydrogens (tertiary/aromatic N) is 3. The zero-order valence-corrected chi connectivity index (χ0v) is 15.2. The quantitative estimate of drug-likeness (QED) is 0.824. The Bertz CT molecular complexity index is 774. The van der Waals surface area contributed by atoms with Crippen molar-refractivity contribution < 1.29 is 9.21 Å². The van der Waals surface area contributed by atoms with E-state index in [-0.39, 0.29) is 11.9 Å². The second-order valence-electron chi connectivity index (χ2n) is 7.19. The van der Waals surface area contributed by atoms with Gasteiger partial charge in [-0.05, 0) is 50.6 Å². The van der Waals surface area contributed by atoms with E-state index in [2.05, 4.69) is 36.1 Å². The fourth-order valence-corrected chi connectivity index (χ4v) is 3.74. The van der Waals surface area contributed by atoms with E-state index in [0.717, 1.165) is 36.7 Å². The van der Waals surface area contributed by atoms with E-state index in [9.17, 15) is 4.79 Å². The Morgan fingerprint density at radius 2 is 1.96 bits per heavy atom. The molecule has 2 aromatic rings. The maximum Gasteiger partial charge on any atom is 0.244 e. The first-order valence-electron chi connectivity index (χ1n) is 9.43. The van der Waals surface area contributed by atoms with Gasteiger partial charge >= 0.3 is 0 Å². The highest BCUT2D eigenvalue weighted by atomic mass is 16.3. The van der Waals surface area contributed by atoms with Crippen LogP contribution in [0.25, 0.3) is 0 Å². The van der Waals surface area contributed by atoms with Gasteiger partial charge in [-0.1, -0.05) is 29.8 Å². The Labute approximate surface area is 154 Å². The maximum atomic E-state index is 12.9. The Balaban J connectivity index is 1.53. The average molecular weight is 351 g/mol. The number of amides is 1. The summed E-state index contributed by atoms with van der Waals surface area (Å²) in [6, 6.07) is 12.0. The molecule has 0 spiro atoms. The van der Waals surface area contributed by atoms with Gasteiger partial charge in [0.05, 0.1) is 12.0 Å². The summed E-state index contributed by atoms with van der Waals surface area (Å²) in [7, 11) is 0. The smallest absolute Gasteiger partial charge is 0.244 e. The first-order valence-corrected chi connectivity index (χ1v) is 9.43. The molecule has 2 aliphatic rings. The van der Waals surface area contributed by atoms with Crippen molar-refractivity contribution in [3.63, 3.8) is 0 Å². The van der Waals surface area contributed by atoms with E-state index in [0.29, 0.717) is 12.8 Å². The number of benzene rings is 1. The molecule has 5 nitrogen and oxygen atoms in total. The van der Waals surface area contributed by atoms with Crippen molar-refractivity contribution in [2.24, 2.45) is 5.10 Å². The van der Waals surface area contributed by atoms with Crippen LogP contribution in [0.5, 0.6) is 0 Å². The molecule has 0 bridgehead atoms. The lowest BCUT2D eigenvalue weighted by Gasteiger charge is -2.21. The number of carbonyl (C=O) groups excluding carboxylic acids is 1. The lowest BCUT2D eigenvalue weighted by Crippen LogP contribution is -2.31. The fraction of sp³-hybridized carbons (Fsp3) is 0.429. The van der Waals surface area contributed by atoms with Crippen LogP contribution in [0.2, 0.25) is 0 Å². The summed E-state index contributed by atoms with van der Waals surface area (Å²) in [5.41, 5.74) is 3.23. The van der Waals surface area contributed by atoms with Gasteiger partial charge < -0.3 is 9.32 Å². The van der Waals surface area contributed by atoms with E-state index >= 15 is 0 Å². The molecule has 5 heteroatoms. The third kappa shape index (κ3) is 3.58. The van der Waals surface area contributed by atoms with E-state index in [1.54, 1.807) is 11.3 Å². The molecule has 1 aromatic heterocycles. The van der Waals surface area contributed by atoms with Gasteiger partial charge in [-0.3, -0.25) is 4.79 Å². The fourth-order valence-electron chi connectivity index (χ4n) is 3.74. The molecule has 4 rings (SSSR count). The zero-order chi connectivity index (χ0) is 17.9. The number of rotatable bonds is 5. The highest BCUT2D eigenvalue weighted by molar-refractivity contribution is 6.03. The van der Waals surface area contributed by atoms with Crippen LogP contribution in [-0.4, -0.2) is 41.2 Å². The molecule has 1 saturated heterocycles. The van der Waals surface area contributed by atoms with Crippen molar-refractivity contribution in [3.05, 3.63) is 59.5 Å². The number of furan rings is 1. The minimum atomic E-state index is -0.146. The maximum absolute atomic E-state index is 12.9. The van der Waals surface area contributed by atoms with Gasteiger partial charge in [0, 0.05) is 19.4 Å².